The number of likely N-dealkylation sites (tertiary alicyclic amines) is 1. The average molecular weight is 550 g/mol. The molecule has 0 radical (unpaired) electrons. The van der Waals surface area contributed by atoms with Crippen LogP contribution in [0.3, 0.4) is 0 Å². The Labute approximate surface area is 235 Å². The summed E-state index contributed by atoms with van der Waals surface area (Å²) in [4.78, 5) is 31.0. The molecule has 0 spiro atoms. The number of nitrogens with one attached hydrogen (secondary N) is 3. The summed E-state index contributed by atoms with van der Waals surface area (Å²) in [6.07, 6.45) is 5.02. The molecule has 4 N–H and O–H groups in total. The molecule has 0 aliphatic carbocycles. The zero-order valence-corrected chi connectivity index (χ0v) is 23.4. The van der Waals surface area contributed by atoms with E-state index in [1.165, 1.54) is 0 Å². The molecule has 2 aromatic rings. The summed E-state index contributed by atoms with van der Waals surface area (Å²) in [6, 6.07) is 14.8. The number of hydrogen-bond acceptors (Lipinski definition) is 9. The van der Waals surface area contributed by atoms with E-state index in [2.05, 4.69) is 25.8 Å². The van der Waals surface area contributed by atoms with Crippen LogP contribution in [0, 0.1) is 0 Å². The Morgan fingerprint density at radius 3 is 2.52 bits per heavy atom. The summed E-state index contributed by atoms with van der Waals surface area (Å²) in [5.74, 6) is -0.0262. The predicted molar refractivity (Wildman–Crippen MR) is 155 cm³/mol. The number of allylic oxidation sites excluding steroid dienone is 1. The second-order valence-corrected chi connectivity index (χ2v) is 10.9. The van der Waals surface area contributed by atoms with Crippen LogP contribution < -0.4 is 20.7 Å². The molecule has 1 fully saturated rings. The van der Waals surface area contributed by atoms with E-state index < -0.39 is 11.6 Å². The van der Waals surface area contributed by atoms with E-state index in [4.69, 9.17) is 9.47 Å². The van der Waals surface area contributed by atoms with Crippen LogP contribution in [0.25, 0.3) is 5.57 Å². The van der Waals surface area contributed by atoms with Gasteiger partial charge in [0.1, 0.15) is 24.5 Å². The van der Waals surface area contributed by atoms with Crippen molar-refractivity contribution >= 4 is 29.4 Å². The number of hydrogen-bond donors (Lipinski definition) is 4. The number of esters is 1. The van der Waals surface area contributed by atoms with Gasteiger partial charge < -0.3 is 30.5 Å². The van der Waals surface area contributed by atoms with Crippen LogP contribution in [0.4, 0.5) is 5.69 Å². The zero-order chi connectivity index (χ0) is 28.5. The Kier molecular flexibility index (Phi) is 9.79. The first-order valence-corrected chi connectivity index (χ1v) is 13.6. The van der Waals surface area contributed by atoms with E-state index >= 15 is 0 Å². The highest BCUT2D eigenvalue weighted by Crippen LogP contribution is 2.19. The number of aliphatic imine (C=N–C) groups is 1. The lowest BCUT2D eigenvalue weighted by molar-refractivity contribution is -0.153. The first-order chi connectivity index (χ1) is 19.1. The standard InChI is InChI=1S/C30H39N5O5/c1-30(2,3)40-27(37)19-31-28(38)22-8-6-21(7-9-22)23-17-32-29(33-18-23)34-24-10-12-26(13-11-24)39-16-15-35-14-4-5-25(36)20-35/h6-13,17-18,25,29,32,34,36H,4-5,14-16,19-20H2,1-3H3,(H,31,38). The SMILES string of the molecule is CC(C)(C)OC(=O)CNC(=O)c1ccc(C2=CNC(Nc3ccc(OCCN4CCCC(O)C4)cc3)N=C2)cc1. The number of carbonyl (C=O) groups is 2. The van der Waals surface area contributed by atoms with Gasteiger partial charge in [-0.3, -0.25) is 14.5 Å². The van der Waals surface area contributed by atoms with Gasteiger partial charge in [0.25, 0.3) is 5.91 Å². The molecule has 0 bridgehead atoms. The lowest BCUT2D eigenvalue weighted by atomic mass is 10.0. The van der Waals surface area contributed by atoms with Crippen LogP contribution in [0.15, 0.2) is 59.7 Å². The average Bonchev–Trinajstić information content (AvgIpc) is 2.92. The first kappa shape index (κ1) is 29.1. The number of β-amino-alcohol motifs (C(OH)–C–C–N with tert-alkyl or cyclic N) is 1. The molecule has 2 aromatic carbocycles. The molecule has 10 nitrogen and oxygen atoms in total. The van der Waals surface area contributed by atoms with Gasteiger partial charge in [0.05, 0.1) is 6.10 Å². The molecule has 0 aromatic heterocycles. The van der Waals surface area contributed by atoms with Crippen molar-refractivity contribution in [1.29, 1.82) is 0 Å². The first-order valence-electron chi connectivity index (χ1n) is 13.6. The number of aliphatic hydroxyl groups excluding tert-OH is 1. The summed E-state index contributed by atoms with van der Waals surface area (Å²) in [6.45, 7) is 8.26. The Bertz CT molecular complexity index is 1200. The van der Waals surface area contributed by atoms with Gasteiger partial charge in [0.2, 0.25) is 0 Å². The van der Waals surface area contributed by atoms with E-state index in [0.29, 0.717) is 12.2 Å². The van der Waals surface area contributed by atoms with E-state index in [1.54, 1.807) is 39.1 Å². The second kappa shape index (κ2) is 13.5. The smallest absolute Gasteiger partial charge is 0.325 e. The van der Waals surface area contributed by atoms with Crippen LogP contribution in [0.2, 0.25) is 0 Å². The molecule has 10 heteroatoms. The number of aliphatic hydroxyl groups is 1. The molecule has 214 valence electrons. The van der Waals surface area contributed by atoms with Crippen LogP contribution >= 0.6 is 0 Å². The number of amides is 1. The minimum Gasteiger partial charge on any atom is -0.492 e. The van der Waals surface area contributed by atoms with Gasteiger partial charge in [-0.05, 0) is 82.1 Å². The largest absolute Gasteiger partial charge is 0.492 e. The molecule has 2 heterocycles. The molecule has 2 atom stereocenters. The fourth-order valence-corrected chi connectivity index (χ4v) is 4.42. The van der Waals surface area contributed by atoms with Crippen LogP contribution in [-0.2, 0) is 9.53 Å². The normalized spacial score (nSPS) is 19.2. The Balaban J connectivity index is 1.19. The van der Waals surface area contributed by atoms with Crippen molar-refractivity contribution in [2.45, 2.75) is 51.6 Å². The van der Waals surface area contributed by atoms with Crippen molar-refractivity contribution in [3.8, 4) is 5.75 Å². The Morgan fingerprint density at radius 2 is 1.88 bits per heavy atom. The number of benzene rings is 2. The van der Waals surface area contributed by atoms with E-state index in [-0.39, 0.29) is 24.8 Å². The highest BCUT2D eigenvalue weighted by molar-refractivity contribution is 6.10. The van der Waals surface area contributed by atoms with Crippen molar-refractivity contribution < 1.29 is 24.2 Å². The fourth-order valence-electron chi connectivity index (χ4n) is 4.42. The lowest BCUT2D eigenvalue weighted by Gasteiger charge is -2.29. The van der Waals surface area contributed by atoms with Gasteiger partial charge in [-0.25, -0.2) is 4.99 Å². The molecule has 2 aliphatic rings. The fraction of sp³-hybridized carbons (Fsp3) is 0.433. The zero-order valence-electron chi connectivity index (χ0n) is 23.4. The molecule has 2 aliphatic heterocycles. The summed E-state index contributed by atoms with van der Waals surface area (Å²) in [5.41, 5.74) is 2.54. The number of piperidine rings is 1. The highest BCUT2D eigenvalue weighted by Gasteiger charge is 2.18. The van der Waals surface area contributed by atoms with Crippen molar-refractivity contribution in [2.24, 2.45) is 4.99 Å². The van der Waals surface area contributed by atoms with Crippen molar-refractivity contribution in [3.63, 3.8) is 0 Å². The van der Waals surface area contributed by atoms with E-state index in [9.17, 15) is 14.7 Å². The quantitative estimate of drug-likeness (QED) is 0.334. The number of nitrogens with zero attached hydrogens (tertiary/aromatic N) is 2. The van der Waals surface area contributed by atoms with E-state index in [0.717, 1.165) is 55.0 Å². The molecule has 1 amide bonds. The summed E-state index contributed by atoms with van der Waals surface area (Å²) in [7, 11) is 0. The molecular weight excluding hydrogens is 510 g/mol. The van der Waals surface area contributed by atoms with Gasteiger partial charge >= 0.3 is 5.97 Å². The van der Waals surface area contributed by atoms with Gasteiger partial charge in [-0.2, -0.15) is 0 Å². The monoisotopic (exact) mass is 549 g/mol. The Morgan fingerprint density at radius 1 is 1.12 bits per heavy atom. The van der Waals surface area contributed by atoms with Crippen molar-refractivity contribution in [1.82, 2.24) is 15.5 Å². The van der Waals surface area contributed by atoms with Gasteiger partial charge in [0.15, 0.2) is 6.29 Å². The molecule has 0 saturated carbocycles. The number of ether oxygens (including phenoxy) is 2. The predicted octanol–water partition coefficient (Wildman–Crippen LogP) is 3.00. The van der Waals surface area contributed by atoms with Crippen LogP contribution in [0.1, 0.15) is 49.5 Å². The third-order valence-electron chi connectivity index (χ3n) is 6.37. The number of rotatable bonds is 10. The minimum absolute atomic E-state index is 0.186. The maximum atomic E-state index is 12.4. The number of carbonyl (C=O) groups excluding carboxylic acids is 2. The maximum absolute atomic E-state index is 12.4. The molecule has 1 saturated heterocycles. The molecule has 2 unspecified atom stereocenters. The van der Waals surface area contributed by atoms with E-state index in [1.807, 2.05) is 42.6 Å². The third-order valence-corrected chi connectivity index (χ3v) is 6.37. The molecular formula is C30H39N5O5. The second-order valence-electron chi connectivity index (χ2n) is 10.9. The third kappa shape index (κ3) is 9.10. The lowest BCUT2D eigenvalue weighted by Crippen LogP contribution is -2.40. The summed E-state index contributed by atoms with van der Waals surface area (Å²) >= 11 is 0. The molecule has 40 heavy (non-hydrogen) atoms. The Hall–Kier alpha value is -3.89. The van der Waals surface area contributed by atoms with Gasteiger partial charge in [-0.1, -0.05) is 12.1 Å². The minimum atomic E-state index is -0.597. The van der Waals surface area contributed by atoms with Crippen molar-refractivity contribution in [3.05, 3.63) is 65.9 Å². The van der Waals surface area contributed by atoms with Gasteiger partial charge in [-0.15, -0.1) is 0 Å². The number of anilines is 1. The highest BCUT2D eigenvalue weighted by atomic mass is 16.6. The summed E-state index contributed by atoms with van der Waals surface area (Å²) in [5, 5.41) is 18.9. The maximum Gasteiger partial charge on any atom is 0.325 e. The topological polar surface area (TPSA) is 125 Å². The van der Waals surface area contributed by atoms with Gasteiger partial charge in [0, 0.05) is 42.3 Å². The van der Waals surface area contributed by atoms with Crippen LogP contribution in [0.5, 0.6) is 5.75 Å². The van der Waals surface area contributed by atoms with Crippen molar-refractivity contribution in [2.75, 3.05) is 38.1 Å². The summed E-state index contributed by atoms with van der Waals surface area (Å²) < 4.78 is 11.1. The molecule has 4 rings (SSSR count). The van der Waals surface area contributed by atoms with Crippen LogP contribution in [-0.4, -0.2) is 78.9 Å².